The summed E-state index contributed by atoms with van der Waals surface area (Å²) in [6.07, 6.45) is 2.35. The van der Waals surface area contributed by atoms with Crippen LogP contribution in [0.15, 0.2) is 41.7 Å². The van der Waals surface area contributed by atoms with Crippen LogP contribution in [-0.4, -0.2) is 30.5 Å². The van der Waals surface area contributed by atoms with E-state index in [0.29, 0.717) is 11.3 Å². The summed E-state index contributed by atoms with van der Waals surface area (Å²) in [5.74, 6) is -0.602. The van der Waals surface area contributed by atoms with Gasteiger partial charge in [-0.15, -0.1) is 0 Å². The first kappa shape index (κ1) is 13.2. The smallest absolute Gasteiger partial charge is 0.249 e. The van der Waals surface area contributed by atoms with Gasteiger partial charge in [-0.2, -0.15) is 0 Å². The summed E-state index contributed by atoms with van der Waals surface area (Å²) < 4.78 is 22.8. The van der Waals surface area contributed by atoms with E-state index in [2.05, 4.69) is 9.97 Å². The van der Waals surface area contributed by atoms with E-state index in [1.807, 2.05) is 0 Å². The number of carbonyl (C=O) groups is 1. The van der Waals surface area contributed by atoms with E-state index in [9.17, 15) is 13.2 Å². The maximum absolute atomic E-state index is 11.4. The molecule has 0 fully saturated rings. The monoisotopic (exact) mass is 277 g/mol. The Labute approximate surface area is 110 Å². The Hall–Kier alpha value is -2.28. The second kappa shape index (κ2) is 4.77. The van der Waals surface area contributed by atoms with Gasteiger partial charge in [-0.05, 0) is 12.1 Å². The van der Waals surface area contributed by atoms with Crippen LogP contribution < -0.4 is 5.73 Å². The van der Waals surface area contributed by atoms with Crippen molar-refractivity contribution in [3.8, 4) is 11.3 Å². The Morgan fingerprint density at radius 1 is 1.21 bits per heavy atom. The molecule has 19 heavy (non-hydrogen) atoms. The standard InChI is InChI=1S/C12H11N3O3S/c1-19(17,18)12-14-7-6-10(15-12)8-4-2-3-5-9(8)11(13)16/h2-7H,1H3,(H2,13,16). The van der Waals surface area contributed by atoms with Crippen LogP contribution in [0.3, 0.4) is 0 Å². The van der Waals surface area contributed by atoms with Crippen molar-refractivity contribution in [1.82, 2.24) is 9.97 Å². The van der Waals surface area contributed by atoms with Crippen LogP contribution in [0.2, 0.25) is 0 Å². The second-order valence-electron chi connectivity index (χ2n) is 3.91. The van der Waals surface area contributed by atoms with E-state index in [1.54, 1.807) is 24.3 Å². The largest absolute Gasteiger partial charge is 0.366 e. The first-order valence-corrected chi connectivity index (χ1v) is 7.21. The minimum Gasteiger partial charge on any atom is -0.366 e. The molecule has 2 aromatic rings. The fraction of sp³-hybridized carbons (Fsp3) is 0.0833. The molecule has 0 atom stereocenters. The highest BCUT2D eigenvalue weighted by molar-refractivity contribution is 7.90. The third-order valence-electron chi connectivity index (χ3n) is 2.43. The second-order valence-corrected chi connectivity index (χ2v) is 5.82. The quantitative estimate of drug-likeness (QED) is 0.829. The molecule has 1 heterocycles. The van der Waals surface area contributed by atoms with Crippen molar-refractivity contribution in [3.63, 3.8) is 0 Å². The van der Waals surface area contributed by atoms with E-state index < -0.39 is 15.7 Å². The van der Waals surface area contributed by atoms with Gasteiger partial charge in [-0.25, -0.2) is 18.4 Å². The normalized spacial score (nSPS) is 11.2. The summed E-state index contributed by atoms with van der Waals surface area (Å²) in [7, 11) is -3.50. The van der Waals surface area contributed by atoms with Gasteiger partial charge in [0.1, 0.15) is 0 Å². The molecule has 0 spiro atoms. The summed E-state index contributed by atoms with van der Waals surface area (Å²) in [5.41, 5.74) is 6.37. The zero-order chi connectivity index (χ0) is 14.0. The molecule has 0 aliphatic rings. The molecule has 1 aromatic carbocycles. The molecule has 7 heteroatoms. The summed E-state index contributed by atoms with van der Waals surface area (Å²) >= 11 is 0. The number of primary amides is 1. The number of amides is 1. The summed E-state index contributed by atoms with van der Waals surface area (Å²) in [6.45, 7) is 0. The van der Waals surface area contributed by atoms with Gasteiger partial charge in [-0.3, -0.25) is 4.79 Å². The maximum Gasteiger partial charge on any atom is 0.249 e. The number of nitrogens with two attached hydrogens (primary N) is 1. The lowest BCUT2D eigenvalue weighted by molar-refractivity contribution is 0.100. The molecule has 0 aliphatic heterocycles. The lowest BCUT2D eigenvalue weighted by Crippen LogP contribution is -2.13. The van der Waals surface area contributed by atoms with Gasteiger partial charge in [0.2, 0.25) is 20.9 Å². The van der Waals surface area contributed by atoms with Gasteiger partial charge in [-0.1, -0.05) is 18.2 Å². The van der Waals surface area contributed by atoms with Crippen LogP contribution in [0.5, 0.6) is 0 Å². The van der Waals surface area contributed by atoms with Crippen molar-refractivity contribution in [2.75, 3.05) is 6.26 Å². The molecular formula is C12H11N3O3S. The van der Waals surface area contributed by atoms with Crippen molar-refractivity contribution in [1.29, 1.82) is 0 Å². The zero-order valence-corrected chi connectivity index (χ0v) is 10.9. The van der Waals surface area contributed by atoms with Crippen molar-refractivity contribution >= 4 is 15.7 Å². The fourth-order valence-corrected chi connectivity index (χ4v) is 2.11. The number of hydrogen-bond acceptors (Lipinski definition) is 5. The SMILES string of the molecule is CS(=O)(=O)c1nccc(-c2ccccc2C(N)=O)n1. The Balaban J connectivity index is 2.64. The Kier molecular flexibility index (Phi) is 3.30. The number of benzene rings is 1. The molecule has 0 radical (unpaired) electrons. The van der Waals surface area contributed by atoms with Gasteiger partial charge in [0.15, 0.2) is 0 Å². The lowest BCUT2D eigenvalue weighted by atomic mass is 10.0. The van der Waals surface area contributed by atoms with Gasteiger partial charge in [0.25, 0.3) is 0 Å². The summed E-state index contributed by atoms with van der Waals surface area (Å²) in [5, 5.41) is -0.288. The van der Waals surface area contributed by atoms with E-state index in [-0.39, 0.29) is 10.7 Å². The summed E-state index contributed by atoms with van der Waals surface area (Å²) in [4.78, 5) is 19.0. The first-order valence-electron chi connectivity index (χ1n) is 5.32. The van der Waals surface area contributed by atoms with Crippen molar-refractivity contribution in [2.24, 2.45) is 5.73 Å². The van der Waals surface area contributed by atoms with Gasteiger partial charge in [0, 0.05) is 23.6 Å². The molecule has 1 amide bonds. The zero-order valence-electron chi connectivity index (χ0n) is 10.1. The van der Waals surface area contributed by atoms with E-state index in [1.165, 1.54) is 12.3 Å². The van der Waals surface area contributed by atoms with Crippen LogP contribution >= 0.6 is 0 Å². The molecule has 2 N–H and O–H groups in total. The molecule has 0 aliphatic carbocycles. The number of rotatable bonds is 3. The van der Waals surface area contributed by atoms with Gasteiger partial charge < -0.3 is 5.73 Å². The molecule has 6 nitrogen and oxygen atoms in total. The van der Waals surface area contributed by atoms with E-state index in [4.69, 9.17) is 5.73 Å². The molecule has 1 aromatic heterocycles. The number of hydrogen-bond donors (Lipinski definition) is 1. The third-order valence-corrected chi connectivity index (χ3v) is 3.29. The number of sulfone groups is 1. The molecule has 2 rings (SSSR count). The Bertz CT molecular complexity index is 741. The molecule has 0 saturated heterocycles. The number of aromatic nitrogens is 2. The molecule has 0 unspecified atom stereocenters. The number of carbonyl (C=O) groups excluding carboxylic acids is 1. The predicted octanol–water partition coefficient (Wildman–Crippen LogP) is 0.646. The first-order chi connectivity index (χ1) is 8.89. The molecule has 98 valence electrons. The van der Waals surface area contributed by atoms with Gasteiger partial charge >= 0.3 is 0 Å². The molecule has 0 saturated carbocycles. The van der Waals surface area contributed by atoms with Crippen LogP contribution in [0.4, 0.5) is 0 Å². The predicted molar refractivity (Wildman–Crippen MR) is 69.1 cm³/mol. The van der Waals surface area contributed by atoms with Crippen molar-refractivity contribution in [2.45, 2.75) is 5.16 Å². The van der Waals surface area contributed by atoms with Crippen LogP contribution in [0.25, 0.3) is 11.3 Å². The summed E-state index contributed by atoms with van der Waals surface area (Å²) in [6, 6.07) is 8.11. The topological polar surface area (TPSA) is 103 Å². The average molecular weight is 277 g/mol. The minimum absolute atomic E-state index is 0.278. The van der Waals surface area contributed by atoms with Crippen molar-refractivity contribution < 1.29 is 13.2 Å². The molecular weight excluding hydrogens is 266 g/mol. The average Bonchev–Trinajstić information content (AvgIpc) is 2.38. The highest BCUT2D eigenvalue weighted by atomic mass is 32.2. The van der Waals surface area contributed by atoms with Crippen molar-refractivity contribution in [3.05, 3.63) is 42.1 Å². The Morgan fingerprint density at radius 3 is 2.53 bits per heavy atom. The fourth-order valence-electron chi connectivity index (χ4n) is 1.59. The van der Waals surface area contributed by atoms with E-state index in [0.717, 1.165) is 6.26 Å². The molecule has 0 bridgehead atoms. The lowest BCUT2D eigenvalue weighted by Gasteiger charge is -2.06. The van der Waals surface area contributed by atoms with Crippen LogP contribution in [-0.2, 0) is 9.84 Å². The minimum atomic E-state index is -3.50. The van der Waals surface area contributed by atoms with Crippen LogP contribution in [0.1, 0.15) is 10.4 Å². The third kappa shape index (κ3) is 2.76. The highest BCUT2D eigenvalue weighted by Crippen LogP contribution is 2.21. The van der Waals surface area contributed by atoms with Gasteiger partial charge in [0.05, 0.1) is 5.69 Å². The number of nitrogens with zero attached hydrogens (tertiary/aromatic N) is 2. The van der Waals surface area contributed by atoms with Crippen LogP contribution in [0, 0.1) is 0 Å². The van der Waals surface area contributed by atoms with E-state index >= 15 is 0 Å². The highest BCUT2D eigenvalue weighted by Gasteiger charge is 2.15. The Morgan fingerprint density at radius 2 is 1.89 bits per heavy atom. The maximum atomic E-state index is 11.4.